The lowest BCUT2D eigenvalue weighted by atomic mass is 9.91. The van der Waals surface area contributed by atoms with Crippen molar-refractivity contribution in [1.29, 1.82) is 0 Å². The molecule has 0 bridgehead atoms. The Morgan fingerprint density at radius 1 is 1.33 bits per heavy atom. The number of aromatic amines is 1. The minimum absolute atomic E-state index is 0.104. The molecular formula is C21H26FN3O2. The maximum Gasteiger partial charge on any atom is 0.263 e. The van der Waals surface area contributed by atoms with Gasteiger partial charge in [-0.05, 0) is 49.3 Å². The number of nitrogens with one attached hydrogen (secondary N) is 1. The molecule has 1 aromatic heterocycles. The molecule has 0 radical (unpaired) electrons. The van der Waals surface area contributed by atoms with E-state index in [0.29, 0.717) is 24.8 Å². The van der Waals surface area contributed by atoms with Crippen LogP contribution in [0.15, 0.2) is 35.3 Å². The molecular weight excluding hydrogens is 345 g/mol. The van der Waals surface area contributed by atoms with Gasteiger partial charge in [0.2, 0.25) is 0 Å². The van der Waals surface area contributed by atoms with Crippen LogP contribution in [0, 0.1) is 11.7 Å². The van der Waals surface area contributed by atoms with E-state index in [9.17, 15) is 14.0 Å². The van der Waals surface area contributed by atoms with Crippen molar-refractivity contribution in [3.8, 4) is 0 Å². The van der Waals surface area contributed by atoms with Crippen LogP contribution in [0.5, 0.6) is 0 Å². The molecule has 0 saturated carbocycles. The maximum atomic E-state index is 13.0. The van der Waals surface area contributed by atoms with Gasteiger partial charge in [-0.2, -0.15) is 0 Å². The number of hydrogen-bond donors (Lipinski definition) is 1. The zero-order valence-corrected chi connectivity index (χ0v) is 15.9. The third kappa shape index (κ3) is 4.81. The number of carbonyl (C=O) groups excluding carboxylic acids is 1. The first kappa shape index (κ1) is 19.3. The SMILES string of the molecule is CC(C)c1ncc(C(=O)N2CCC[C@@H](CCc3ccc(F)cc3)C2)c(=O)[nH]1. The van der Waals surface area contributed by atoms with Crippen molar-refractivity contribution >= 4 is 5.91 Å². The number of aromatic nitrogens is 2. The number of carbonyl (C=O) groups is 1. The van der Waals surface area contributed by atoms with Crippen molar-refractivity contribution in [3.63, 3.8) is 0 Å². The zero-order valence-electron chi connectivity index (χ0n) is 15.9. The Labute approximate surface area is 158 Å². The first-order valence-electron chi connectivity index (χ1n) is 9.57. The van der Waals surface area contributed by atoms with Gasteiger partial charge in [-0.25, -0.2) is 9.37 Å². The molecule has 1 N–H and O–H groups in total. The lowest BCUT2D eigenvalue weighted by Gasteiger charge is -2.32. The highest BCUT2D eigenvalue weighted by molar-refractivity contribution is 5.93. The van der Waals surface area contributed by atoms with Crippen molar-refractivity contribution in [3.05, 3.63) is 63.6 Å². The Bertz CT molecular complexity index is 845. The van der Waals surface area contributed by atoms with Crippen LogP contribution >= 0.6 is 0 Å². The van der Waals surface area contributed by atoms with Crippen molar-refractivity contribution in [2.45, 2.75) is 45.4 Å². The highest BCUT2D eigenvalue weighted by Crippen LogP contribution is 2.22. The average Bonchev–Trinajstić information content (AvgIpc) is 2.67. The number of halogens is 1. The fourth-order valence-electron chi connectivity index (χ4n) is 3.53. The van der Waals surface area contributed by atoms with E-state index in [1.807, 2.05) is 26.0 Å². The molecule has 5 nitrogen and oxygen atoms in total. The topological polar surface area (TPSA) is 66.1 Å². The molecule has 1 fully saturated rings. The standard InChI is InChI=1S/C21H26FN3O2/c1-14(2)19-23-12-18(20(26)24-19)21(27)25-11-3-4-16(13-25)6-5-15-7-9-17(22)10-8-15/h7-10,12,14,16H,3-6,11,13H2,1-2H3,(H,23,24,26)/t16-/m0/s1. The smallest absolute Gasteiger partial charge is 0.263 e. The number of rotatable bonds is 5. The predicted octanol–water partition coefficient (Wildman–Crippen LogP) is 3.52. The summed E-state index contributed by atoms with van der Waals surface area (Å²) in [6.07, 6.45) is 5.19. The number of likely N-dealkylation sites (tertiary alicyclic amines) is 1. The predicted molar refractivity (Wildman–Crippen MR) is 102 cm³/mol. The van der Waals surface area contributed by atoms with Gasteiger partial charge in [-0.15, -0.1) is 0 Å². The van der Waals surface area contributed by atoms with Gasteiger partial charge >= 0.3 is 0 Å². The quantitative estimate of drug-likeness (QED) is 0.875. The monoisotopic (exact) mass is 371 g/mol. The Balaban J connectivity index is 1.62. The van der Waals surface area contributed by atoms with Crippen LogP contribution in [0.3, 0.4) is 0 Å². The number of nitrogens with zero attached hydrogens (tertiary/aromatic N) is 2. The number of amides is 1. The van der Waals surface area contributed by atoms with Crippen LogP contribution < -0.4 is 5.56 Å². The summed E-state index contributed by atoms with van der Waals surface area (Å²) in [6, 6.07) is 6.57. The Kier molecular flexibility index (Phi) is 6.04. The molecule has 1 atom stereocenters. The summed E-state index contributed by atoms with van der Waals surface area (Å²) in [5, 5.41) is 0. The Morgan fingerprint density at radius 2 is 2.07 bits per heavy atom. The van der Waals surface area contributed by atoms with Crippen LogP contribution in [-0.4, -0.2) is 33.9 Å². The third-order valence-electron chi connectivity index (χ3n) is 5.16. The molecule has 6 heteroatoms. The number of benzene rings is 1. The van der Waals surface area contributed by atoms with E-state index in [1.54, 1.807) is 4.90 Å². The van der Waals surface area contributed by atoms with Gasteiger partial charge in [0.15, 0.2) is 0 Å². The number of H-pyrrole nitrogens is 1. The molecule has 1 aromatic carbocycles. The molecule has 0 unspecified atom stereocenters. The van der Waals surface area contributed by atoms with Gasteiger partial charge in [0.1, 0.15) is 17.2 Å². The first-order valence-corrected chi connectivity index (χ1v) is 9.57. The molecule has 1 saturated heterocycles. The first-order chi connectivity index (χ1) is 12.9. The minimum atomic E-state index is -0.368. The lowest BCUT2D eigenvalue weighted by molar-refractivity contribution is 0.0666. The van der Waals surface area contributed by atoms with E-state index in [2.05, 4.69) is 9.97 Å². The summed E-state index contributed by atoms with van der Waals surface area (Å²) >= 11 is 0. The largest absolute Gasteiger partial charge is 0.338 e. The second kappa shape index (κ2) is 8.46. The van der Waals surface area contributed by atoms with Gasteiger partial charge in [0.25, 0.3) is 11.5 Å². The van der Waals surface area contributed by atoms with Crippen LogP contribution in [-0.2, 0) is 6.42 Å². The number of aryl methyl sites for hydroxylation is 1. The van der Waals surface area contributed by atoms with Crippen LogP contribution in [0.25, 0.3) is 0 Å². The fourth-order valence-corrected chi connectivity index (χ4v) is 3.53. The third-order valence-corrected chi connectivity index (χ3v) is 5.16. The van der Waals surface area contributed by atoms with Gasteiger partial charge in [-0.1, -0.05) is 26.0 Å². The summed E-state index contributed by atoms with van der Waals surface area (Å²) in [6.45, 7) is 5.19. The molecule has 1 aliphatic rings. The van der Waals surface area contributed by atoms with Crippen molar-refractivity contribution in [1.82, 2.24) is 14.9 Å². The molecule has 2 aromatic rings. The fraction of sp³-hybridized carbons (Fsp3) is 0.476. The second-order valence-corrected chi connectivity index (χ2v) is 7.59. The summed E-state index contributed by atoms with van der Waals surface area (Å²) in [5.74, 6) is 0.607. The minimum Gasteiger partial charge on any atom is -0.338 e. The lowest BCUT2D eigenvalue weighted by Crippen LogP contribution is -2.42. The summed E-state index contributed by atoms with van der Waals surface area (Å²) < 4.78 is 13.0. The molecule has 3 rings (SSSR count). The second-order valence-electron chi connectivity index (χ2n) is 7.59. The van der Waals surface area contributed by atoms with Crippen LogP contribution in [0.1, 0.15) is 60.8 Å². The number of piperidine rings is 1. The van der Waals surface area contributed by atoms with E-state index >= 15 is 0 Å². The average molecular weight is 371 g/mol. The van der Waals surface area contributed by atoms with E-state index in [4.69, 9.17) is 0 Å². The molecule has 2 heterocycles. The van der Waals surface area contributed by atoms with Gasteiger partial charge < -0.3 is 9.88 Å². The van der Waals surface area contributed by atoms with E-state index in [0.717, 1.165) is 31.2 Å². The zero-order chi connectivity index (χ0) is 19.4. The van der Waals surface area contributed by atoms with Crippen molar-refractivity contribution in [2.24, 2.45) is 5.92 Å². The normalized spacial score (nSPS) is 17.3. The molecule has 144 valence electrons. The van der Waals surface area contributed by atoms with E-state index in [1.165, 1.54) is 18.3 Å². The summed E-state index contributed by atoms with van der Waals surface area (Å²) in [5.41, 5.74) is 0.843. The molecule has 0 aliphatic carbocycles. The molecule has 0 spiro atoms. The highest BCUT2D eigenvalue weighted by Gasteiger charge is 2.26. The van der Waals surface area contributed by atoms with E-state index < -0.39 is 0 Å². The maximum absolute atomic E-state index is 13.0. The molecule has 1 amide bonds. The summed E-state index contributed by atoms with van der Waals surface area (Å²) in [4.78, 5) is 33.8. The Hall–Kier alpha value is -2.50. The molecule has 27 heavy (non-hydrogen) atoms. The summed E-state index contributed by atoms with van der Waals surface area (Å²) in [7, 11) is 0. The Morgan fingerprint density at radius 3 is 2.74 bits per heavy atom. The highest BCUT2D eigenvalue weighted by atomic mass is 19.1. The van der Waals surface area contributed by atoms with Gasteiger partial charge in [-0.3, -0.25) is 9.59 Å². The van der Waals surface area contributed by atoms with Crippen LogP contribution in [0.4, 0.5) is 4.39 Å². The van der Waals surface area contributed by atoms with Crippen molar-refractivity contribution < 1.29 is 9.18 Å². The van der Waals surface area contributed by atoms with E-state index in [-0.39, 0.29) is 28.8 Å². The number of hydrogen-bond acceptors (Lipinski definition) is 3. The van der Waals surface area contributed by atoms with Crippen molar-refractivity contribution in [2.75, 3.05) is 13.1 Å². The van der Waals surface area contributed by atoms with Gasteiger partial charge in [0.05, 0.1) is 0 Å². The molecule has 1 aliphatic heterocycles. The van der Waals surface area contributed by atoms with Crippen LogP contribution in [0.2, 0.25) is 0 Å². The van der Waals surface area contributed by atoms with Gasteiger partial charge in [0, 0.05) is 25.2 Å².